The number of carbonyl (C=O) groups is 1. The van der Waals surface area contributed by atoms with Gasteiger partial charge in [0.1, 0.15) is 27.5 Å². The number of nitrogens with zero attached hydrogens (tertiary/aromatic N) is 3. The Morgan fingerprint density at radius 3 is 2.39 bits per heavy atom. The van der Waals surface area contributed by atoms with Crippen molar-refractivity contribution in [1.29, 1.82) is 0 Å². The summed E-state index contributed by atoms with van der Waals surface area (Å²) in [6.07, 6.45) is 0.825. The standard InChI is InChI=1S/C24H29N3O5S/c1-29-18-7-5-17(6-8-18)23(28)27(12-4-11-26-13-15-32-16-14-26)24-25-21-19(30-2)9-10-20(31-3)22(21)33-24/h5-10H,4,11-16H2,1-3H3. The van der Waals surface area contributed by atoms with Crippen molar-refractivity contribution < 1.29 is 23.7 Å². The molecular formula is C24H29N3O5S. The number of hydrogen-bond donors (Lipinski definition) is 0. The van der Waals surface area contributed by atoms with E-state index in [9.17, 15) is 4.79 Å². The Balaban J connectivity index is 1.64. The summed E-state index contributed by atoms with van der Waals surface area (Å²) in [5.41, 5.74) is 1.28. The molecule has 0 N–H and O–H groups in total. The maximum absolute atomic E-state index is 13.6. The van der Waals surface area contributed by atoms with E-state index in [4.69, 9.17) is 23.9 Å². The monoisotopic (exact) mass is 471 g/mol. The van der Waals surface area contributed by atoms with Gasteiger partial charge in [0.2, 0.25) is 0 Å². The molecule has 33 heavy (non-hydrogen) atoms. The van der Waals surface area contributed by atoms with E-state index in [0.29, 0.717) is 40.0 Å². The second-order valence-electron chi connectivity index (χ2n) is 7.64. The average molecular weight is 472 g/mol. The summed E-state index contributed by atoms with van der Waals surface area (Å²) < 4.78 is 22.6. The fourth-order valence-electron chi connectivity index (χ4n) is 3.84. The highest BCUT2D eigenvalue weighted by Gasteiger charge is 2.24. The molecule has 0 aliphatic carbocycles. The van der Waals surface area contributed by atoms with E-state index in [2.05, 4.69) is 4.90 Å². The molecule has 0 radical (unpaired) electrons. The largest absolute Gasteiger partial charge is 0.497 e. The van der Waals surface area contributed by atoms with Crippen LogP contribution in [0.15, 0.2) is 36.4 Å². The summed E-state index contributed by atoms with van der Waals surface area (Å²) in [5.74, 6) is 1.97. The quantitative estimate of drug-likeness (QED) is 0.471. The topological polar surface area (TPSA) is 73.4 Å². The Kier molecular flexibility index (Phi) is 7.64. The minimum Gasteiger partial charge on any atom is -0.497 e. The average Bonchev–Trinajstić information content (AvgIpc) is 3.31. The highest BCUT2D eigenvalue weighted by atomic mass is 32.1. The van der Waals surface area contributed by atoms with Gasteiger partial charge in [-0.2, -0.15) is 0 Å². The number of amides is 1. The first-order valence-corrected chi connectivity index (χ1v) is 11.7. The zero-order chi connectivity index (χ0) is 23.2. The lowest BCUT2D eigenvalue weighted by Gasteiger charge is -2.27. The summed E-state index contributed by atoms with van der Waals surface area (Å²) in [4.78, 5) is 22.5. The summed E-state index contributed by atoms with van der Waals surface area (Å²) in [6.45, 7) is 4.79. The molecule has 1 saturated heterocycles. The van der Waals surface area contributed by atoms with Gasteiger partial charge in [-0.1, -0.05) is 11.3 Å². The molecule has 8 nitrogen and oxygen atoms in total. The highest BCUT2D eigenvalue weighted by Crippen LogP contribution is 2.40. The van der Waals surface area contributed by atoms with E-state index in [1.165, 1.54) is 11.3 Å². The van der Waals surface area contributed by atoms with Gasteiger partial charge in [-0.15, -0.1) is 0 Å². The molecule has 0 saturated carbocycles. The number of morpholine rings is 1. The molecule has 1 aromatic heterocycles. The van der Waals surface area contributed by atoms with Crippen LogP contribution in [0, 0.1) is 0 Å². The lowest BCUT2D eigenvalue weighted by molar-refractivity contribution is 0.0376. The van der Waals surface area contributed by atoms with Gasteiger partial charge in [-0.3, -0.25) is 14.6 Å². The van der Waals surface area contributed by atoms with Crippen molar-refractivity contribution in [2.75, 3.05) is 65.6 Å². The molecule has 2 aromatic carbocycles. The lowest BCUT2D eigenvalue weighted by Crippen LogP contribution is -2.39. The molecule has 4 rings (SSSR count). The smallest absolute Gasteiger partial charge is 0.260 e. The van der Waals surface area contributed by atoms with Crippen molar-refractivity contribution >= 4 is 32.6 Å². The van der Waals surface area contributed by atoms with Gasteiger partial charge in [-0.25, -0.2) is 4.98 Å². The molecule has 2 heterocycles. The molecule has 0 atom stereocenters. The normalized spacial score (nSPS) is 14.3. The third kappa shape index (κ3) is 5.21. The molecule has 1 aliphatic heterocycles. The zero-order valence-electron chi connectivity index (χ0n) is 19.2. The Morgan fingerprint density at radius 2 is 1.73 bits per heavy atom. The molecule has 9 heteroatoms. The third-order valence-corrected chi connectivity index (χ3v) is 6.76. The van der Waals surface area contributed by atoms with E-state index in [1.54, 1.807) is 50.5 Å². The number of ether oxygens (including phenoxy) is 4. The highest BCUT2D eigenvalue weighted by molar-refractivity contribution is 7.22. The van der Waals surface area contributed by atoms with Crippen molar-refractivity contribution in [3.63, 3.8) is 0 Å². The summed E-state index contributed by atoms with van der Waals surface area (Å²) in [7, 11) is 4.85. The van der Waals surface area contributed by atoms with Gasteiger partial charge in [0, 0.05) is 31.7 Å². The van der Waals surface area contributed by atoms with Crippen LogP contribution < -0.4 is 19.1 Å². The first-order valence-electron chi connectivity index (χ1n) is 10.9. The molecule has 176 valence electrons. The van der Waals surface area contributed by atoms with Crippen molar-refractivity contribution in [2.45, 2.75) is 6.42 Å². The summed E-state index contributed by atoms with van der Waals surface area (Å²) in [5, 5.41) is 0.621. The summed E-state index contributed by atoms with van der Waals surface area (Å²) >= 11 is 1.43. The van der Waals surface area contributed by atoms with Crippen LogP contribution in [-0.4, -0.2) is 76.5 Å². The number of fused-ring (bicyclic) bond motifs is 1. The third-order valence-electron chi connectivity index (χ3n) is 5.67. The van der Waals surface area contributed by atoms with Crippen molar-refractivity contribution in [2.24, 2.45) is 0 Å². The Hall–Kier alpha value is -2.88. The SMILES string of the molecule is COc1ccc(C(=O)N(CCCN2CCOCC2)c2nc3c(OC)ccc(OC)c3s2)cc1. The molecule has 1 aliphatic rings. The first-order chi connectivity index (χ1) is 16.1. The van der Waals surface area contributed by atoms with E-state index in [-0.39, 0.29) is 5.91 Å². The number of benzene rings is 2. The minimum atomic E-state index is -0.100. The van der Waals surface area contributed by atoms with Gasteiger partial charge in [-0.05, 0) is 42.8 Å². The Labute approximate surface area is 197 Å². The van der Waals surface area contributed by atoms with Crippen LogP contribution in [0.2, 0.25) is 0 Å². The van der Waals surface area contributed by atoms with Gasteiger partial charge < -0.3 is 18.9 Å². The van der Waals surface area contributed by atoms with Crippen molar-refractivity contribution in [1.82, 2.24) is 9.88 Å². The Bertz CT molecular complexity index is 1040. The first kappa shape index (κ1) is 23.3. The van der Waals surface area contributed by atoms with E-state index in [1.807, 2.05) is 12.1 Å². The van der Waals surface area contributed by atoms with Gasteiger partial charge in [0.15, 0.2) is 5.13 Å². The predicted octanol–water partition coefficient (Wildman–Crippen LogP) is 3.69. The number of thiazole rings is 1. The Morgan fingerprint density at radius 1 is 1.03 bits per heavy atom. The van der Waals surface area contributed by atoms with Crippen LogP contribution in [0.1, 0.15) is 16.8 Å². The van der Waals surface area contributed by atoms with Crippen LogP contribution in [-0.2, 0) is 4.74 Å². The number of carbonyl (C=O) groups excluding carboxylic acids is 1. The van der Waals surface area contributed by atoms with Gasteiger partial charge >= 0.3 is 0 Å². The predicted molar refractivity (Wildman–Crippen MR) is 129 cm³/mol. The molecular weight excluding hydrogens is 442 g/mol. The molecule has 3 aromatic rings. The van der Waals surface area contributed by atoms with E-state index >= 15 is 0 Å². The van der Waals surface area contributed by atoms with Crippen LogP contribution in [0.4, 0.5) is 5.13 Å². The van der Waals surface area contributed by atoms with Gasteiger partial charge in [0.25, 0.3) is 5.91 Å². The second kappa shape index (κ2) is 10.8. The zero-order valence-corrected chi connectivity index (χ0v) is 20.0. The van der Waals surface area contributed by atoms with Gasteiger partial charge in [0.05, 0.1) is 34.5 Å². The molecule has 1 amide bonds. The second-order valence-corrected chi connectivity index (χ2v) is 8.61. The maximum atomic E-state index is 13.6. The van der Waals surface area contributed by atoms with Crippen molar-refractivity contribution in [3.8, 4) is 17.2 Å². The van der Waals surface area contributed by atoms with E-state index in [0.717, 1.165) is 44.0 Å². The molecule has 0 unspecified atom stereocenters. The number of rotatable bonds is 9. The number of anilines is 1. The van der Waals surface area contributed by atoms with Crippen molar-refractivity contribution in [3.05, 3.63) is 42.0 Å². The lowest BCUT2D eigenvalue weighted by atomic mass is 10.2. The van der Waals surface area contributed by atoms with Crippen LogP contribution >= 0.6 is 11.3 Å². The number of methoxy groups -OCH3 is 3. The summed E-state index contributed by atoms with van der Waals surface area (Å²) in [6, 6.07) is 10.8. The molecule has 0 spiro atoms. The van der Waals surface area contributed by atoms with Crippen LogP contribution in [0.5, 0.6) is 17.2 Å². The fourth-order valence-corrected chi connectivity index (χ4v) is 4.94. The minimum absolute atomic E-state index is 0.100. The van der Waals surface area contributed by atoms with Crippen LogP contribution in [0.3, 0.4) is 0 Å². The fraction of sp³-hybridized carbons (Fsp3) is 0.417. The number of aromatic nitrogens is 1. The molecule has 0 bridgehead atoms. The maximum Gasteiger partial charge on any atom is 0.260 e. The molecule has 1 fully saturated rings. The number of hydrogen-bond acceptors (Lipinski definition) is 8. The van der Waals surface area contributed by atoms with E-state index < -0.39 is 0 Å². The van der Waals surface area contributed by atoms with Crippen LogP contribution in [0.25, 0.3) is 10.2 Å².